The summed E-state index contributed by atoms with van der Waals surface area (Å²) < 4.78 is 5.07. The maximum absolute atomic E-state index is 11.8. The van der Waals surface area contributed by atoms with Gasteiger partial charge in [0.1, 0.15) is 11.9 Å². The highest BCUT2D eigenvalue weighted by Crippen LogP contribution is 2.25. The zero-order valence-corrected chi connectivity index (χ0v) is 11.3. The number of aromatic nitrogens is 1. The monoisotopic (exact) mass is 293 g/mol. The van der Waals surface area contributed by atoms with E-state index in [1.165, 1.54) is 0 Å². The predicted molar refractivity (Wildman–Crippen MR) is 74.1 cm³/mol. The van der Waals surface area contributed by atoms with Crippen molar-refractivity contribution >= 4 is 27.4 Å². The third kappa shape index (κ3) is 3.51. The fourth-order valence-electron chi connectivity index (χ4n) is 1.54. The average Bonchev–Trinajstić information content (AvgIpc) is 2.87. The van der Waals surface area contributed by atoms with E-state index < -0.39 is 4.92 Å². The number of ether oxygens (including phenoxy) is 1. The number of thiazole rings is 1. The number of nitrogens with one attached hydrogen (secondary N) is 1. The van der Waals surface area contributed by atoms with Gasteiger partial charge in [0.2, 0.25) is 5.91 Å². The molecule has 1 heterocycles. The van der Waals surface area contributed by atoms with E-state index in [1.807, 2.05) is 0 Å². The maximum atomic E-state index is 11.8. The van der Waals surface area contributed by atoms with Crippen LogP contribution in [0.2, 0.25) is 0 Å². The summed E-state index contributed by atoms with van der Waals surface area (Å²) in [6.45, 7) is 0. The van der Waals surface area contributed by atoms with Gasteiger partial charge in [-0.05, 0) is 29.0 Å². The third-order valence-corrected chi connectivity index (χ3v) is 3.28. The summed E-state index contributed by atoms with van der Waals surface area (Å²) in [5.41, 5.74) is 0.785. The van der Waals surface area contributed by atoms with Crippen molar-refractivity contribution in [2.24, 2.45) is 0 Å². The number of hydrogen-bond acceptors (Lipinski definition) is 6. The van der Waals surface area contributed by atoms with Crippen molar-refractivity contribution in [3.63, 3.8) is 0 Å². The van der Waals surface area contributed by atoms with Gasteiger partial charge in [-0.25, -0.2) is 4.98 Å². The number of benzene rings is 1. The summed E-state index contributed by atoms with van der Waals surface area (Å²) >= 11 is 0.821. The second kappa shape index (κ2) is 6.11. The van der Waals surface area contributed by atoms with Gasteiger partial charge in [-0.2, -0.15) is 0 Å². The molecule has 1 aromatic carbocycles. The number of rotatable bonds is 5. The molecule has 104 valence electrons. The van der Waals surface area contributed by atoms with Gasteiger partial charge in [-0.1, -0.05) is 12.1 Å². The Kier molecular flexibility index (Phi) is 4.26. The molecule has 0 aliphatic rings. The zero-order valence-electron chi connectivity index (χ0n) is 10.5. The number of nitro groups is 1. The van der Waals surface area contributed by atoms with Crippen molar-refractivity contribution < 1.29 is 14.5 Å². The molecule has 20 heavy (non-hydrogen) atoms. The number of hydrogen-bond donors (Lipinski definition) is 1. The van der Waals surface area contributed by atoms with Gasteiger partial charge in [0, 0.05) is 0 Å². The molecule has 0 saturated carbocycles. The highest BCUT2D eigenvalue weighted by molar-refractivity contribution is 7.18. The lowest BCUT2D eigenvalue weighted by Crippen LogP contribution is -2.14. The van der Waals surface area contributed by atoms with E-state index in [-0.39, 0.29) is 22.5 Å². The van der Waals surface area contributed by atoms with Crippen LogP contribution in [0.1, 0.15) is 5.56 Å². The van der Waals surface area contributed by atoms with Crippen LogP contribution in [0.15, 0.2) is 30.5 Å². The molecule has 2 aromatic rings. The highest BCUT2D eigenvalue weighted by atomic mass is 32.1. The maximum Gasteiger partial charge on any atom is 0.345 e. The van der Waals surface area contributed by atoms with Crippen molar-refractivity contribution in [1.82, 2.24) is 4.98 Å². The van der Waals surface area contributed by atoms with Crippen molar-refractivity contribution in [2.45, 2.75) is 6.42 Å². The quantitative estimate of drug-likeness (QED) is 0.674. The number of anilines is 1. The van der Waals surface area contributed by atoms with E-state index >= 15 is 0 Å². The Hall–Kier alpha value is -2.48. The lowest BCUT2D eigenvalue weighted by molar-refractivity contribution is -0.380. The fraction of sp³-hybridized carbons (Fsp3) is 0.167. The molecule has 1 N–H and O–H groups in total. The molecule has 7 nitrogen and oxygen atoms in total. The van der Waals surface area contributed by atoms with Gasteiger partial charge in [0.25, 0.3) is 0 Å². The largest absolute Gasteiger partial charge is 0.497 e. The van der Waals surface area contributed by atoms with Gasteiger partial charge in [0.15, 0.2) is 5.13 Å². The van der Waals surface area contributed by atoms with Crippen LogP contribution in [0.3, 0.4) is 0 Å². The van der Waals surface area contributed by atoms with Crippen molar-refractivity contribution in [3.05, 3.63) is 46.1 Å². The Morgan fingerprint density at radius 2 is 2.35 bits per heavy atom. The molecular formula is C12H11N3O4S. The molecule has 0 spiro atoms. The van der Waals surface area contributed by atoms with E-state index in [0.717, 1.165) is 23.1 Å². The summed E-state index contributed by atoms with van der Waals surface area (Å²) in [6, 6.07) is 7.12. The van der Waals surface area contributed by atoms with E-state index in [4.69, 9.17) is 4.74 Å². The molecule has 0 saturated heterocycles. The Labute approximate surface area is 118 Å². The molecule has 0 unspecified atom stereocenters. The SMILES string of the molecule is COc1cccc(CC(=O)Nc2ncc([N+](=O)[O-])s2)c1. The van der Waals surface area contributed by atoms with E-state index in [2.05, 4.69) is 10.3 Å². The molecule has 1 amide bonds. The highest BCUT2D eigenvalue weighted by Gasteiger charge is 2.13. The number of methoxy groups -OCH3 is 1. The van der Waals surface area contributed by atoms with Crippen LogP contribution in [-0.2, 0) is 11.2 Å². The summed E-state index contributed by atoms with van der Waals surface area (Å²) in [6.07, 6.45) is 1.26. The minimum absolute atomic E-state index is 0.110. The predicted octanol–water partition coefficient (Wildman–Crippen LogP) is 2.24. The third-order valence-electron chi connectivity index (χ3n) is 2.42. The molecule has 0 radical (unpaired) electrons. The second-order valence-corrected chi connectivity index (χ2v) is 4.85. The van der Waals surface area contributed by atoms with Gasteiger partial charge in [0.05, 0.1) is 18.5 Å². The first-order chi connectivity index (χ1) is 9.58. The summed E-state index contributed by atoms with van der Waals surface area (Å²) in [5, 5.41) is 13.1. The fourth-order valence-corrected chi connectivity index (χ4v) is 2.19. The minimum Gasteiger partial charge on any atom is -0.497 e. The average molecular weight is 293 g/mol. The smallest absolute Gasteiger partial charge is 0.345 e. The summed E-state index contributed by atoms with van der Waals surface area (Å²) in [7, 11) is 1.55. The molecule has 0 atom stereocenters. The van der Waals surface area contributed by atoms with Crippen LogP contribution >= 0.6 is 11.3 Å². The van der Waals surface area contributed by atoms with Crippen molar-refractivity contribution in [1.29, 1.82) is 0 Å². The molecule has 2 rings (SSSR count). The molecular weight excluding hydrogens is 282 g/mol. The first-order valence-corrected chi connectivity index (χ1v) is 6.43. The molecule has 1 aromatic heterocycles. The van der Waals surface area contributed by atoms with Crippen LogP contribution in [0.4, 0.5) is 10.1 Å². The Morgan fingerprint density at radius 3 is 3.00 bits per heavy atom. The topological polar surface area (TPSA) is 94.4 Å². The summed E-state index contributed by atoms with van der Waals surface area (Å²) in [4.78, 5) is 25.5. The lowest BCUT2D eigenvalue weighted by atomic mass is 10.1. The van der Waals surface area contributed by atoms with Crippen LogP contribution in [0.25, 0.3) is 0 Å². The van der Waals surface area contributed by atoms with Crippen LogP contribution in [-0.4, -0.2) is 22.9 Å². The van der Waals surface area contributed by atoms with Gasteiger partial charge in [-0.15, -0.1) is 0 Å². The minimum atomic E-state index is -0.546. The Morgan fingerprint density at radius 1 is 1.55 bits per heavy atom. The standard InChI is InChI=1S/C12H11N3O4S/c1-19-9-4-2-3-8(5-9)6-10(16)14-12-13-7-11(20-12)15(17)18/h2-5,7H,6H2,1H3,(H,13,14,16). The van der Waals surface area contributed by atoms with Crippen LogP contribution in [0, 0.1) is 10.1 Å². The molecule has 8 heteroatoms. The van der Waals surface area contributed by atoms with E-state index in [0.29, 0.717) is 5.75 Å². The Bertz CT molecular complexity index is 641. The van der Waals surface area contributed by atoms with E-state index in [1.54, 1.807) is 31.4 Å². The number of nitrogens with zero attached hydrogens (tertiary/aromatic N) is 2. The van der Waals surface area contributed by atoms with Gasteiger partial charge in [-0.3, -0.25) is 14.9 Å². The van der Waals surface area contributed by atoms with Gasteiger partial charge >= 0.3 is 5.00 Å². The van der Waals surface area contributed by atoms with Crippen LogP contribution in [0.5, 0.6) is 5.75 Å². The molecule has 0 bridgehead atoms. The van der Waals surface area contributed by atoms with E-state index in [9.17, 15) is 14.9 Å². The van der Waals surface area contributed by atoms with Crippen molar-refractivity contribution in [3.8, 4) is 5.75 Å². The number of amides is 1. The lowest BCUT2D eigenvalue weighted by Gasteiger charge is -2.04. The zero-order chi connectivity index (χ0) is 14.5. The summed E-state index contributed by atoms with van der Waals surface area (Å²) in [5.74, 6) is 0.377. The molecule has 0 fully saturated rings. The van der Waals surface area contributed by atoms with Crippen molar-refractivity contribution in [2.75, 3.05) is 12.4 Å². The van der Waals surface area contributed by atoms with Crippen LogP contribution < -0.4 is 10.1 Å². The van der Waals surface area contributed by atoms with Gasteiger partial charge < -0.3 is 10.1 Å². The molecule has 0 aliphatic carbocycles. The first-order valence-electron chi connectivity index (χ1n) is 5.61. The first kappa shape index (κ1) is 13.9. The second-order valence-electron chi connectivity index (χ2n) is 3.84. The number of carbonyl (C=O) groups is 1. The number of carbonyl (C=O) groups excluding carboxylic acids is 1. The molecule has 0 aliphatic heterocycles. The normalized spacial score (nSPS) is 10.1. The Balaban J connectivity index is 1.99.